The van der Waals surface area contributed by atoms with Crippen molar-refractivity contribution in [1.29, 1.82) is 0 Å². The summed E-state index contributed by atoms with van der Waals surface area (Å²) < 4.78 is 5.41. The fraction of sp³-hybridized carbons (Fsp3) is 0.571. The first-order chi connectivity index (χ1) is 13.2. The summed E-state index contributed by atoms with van der Waals surface area (Å²) >= 11 is 1.74. The first kappa shape index (κ1) is 21.5. The molecule has 150 valence electrons. The molecule has 2 heterocycles. The Labute approximate surface area is 167 Å². The molecule has 0 aliphatic rings. The van der Waals surface area contributed by atoms with Gasteiger partial charge in [0.25, 0.3) is 0 Å². The van der Waals surface area contributed by atoms with Crippen molar-refractivity contribution in [2.45, 2.75) is 52.6 Å². The van der Waals surface area contributed by atoms with Crippen molar-refractivity contribution in [2.75, 3.05) is 26.2 Å². The monoisotopic (exact) mass is 390 g/mol. The van der Waals surface area contributed by atoms with E-state index in [4.69, 9.17) is 9.41 Å². The van der Waals surface area contributed by atoms with Crippen molar-refractivity contribution in [3.63, 3.8) is 0 Å². The second-order valence-electron chi connectivity index (χ2n) is 6.71. The molecular formula is C21H34N4OS. The first-order valence-electron chi connectivity index (χ1n) is 10.0. The van der Waals surface area contributed by atoms with E-state index < -0.39 is 0 Å². The number of guanidine groups is 1. The lowest BCUT2D eigenvalue weighted by molar-refractivity contribution is 0.292. The highest BCUT2D eigenvalue weighted by Crippen LogP contribution is 2.09. The van der Waals surface area contributed by atoms with Gasteiger partial charge in [-0.3, -0.25) is 0 Å². The van der Waals surface area contributed by atoms with Crippen LogP contribution < -0.4 is 10.6 Å². The van der Waals surface area contributed by atoms with Crippen molar-refractivity contribution in [3.05, 3.63) is 46.5 Å². The largest absolute Gasteiger partial charge is 0.469 e. The third kappa shape index (κ3) is 8.63. The van der Waals surface area contributed by atoms with E-state index in [-0.39, 0.29) is 0 Å². The van der Waals surface area contributed by atoms with Crippen molar-refractivity contribution in [1.82, 2.24) is 15.5 Å². The van der Waals surface area contributed by atoms with Crippen molar-refractivity contribution < 1.29 is 4.42 Å². The Morgan fingerprint density at radius 3 is 2.78 bits per heavy atom. The van der Waals surface area contributed by atoms with Crippen LogP contribution in [0.25, 0.3) is 0 Å². The van der Waals surface area contributed by atoms with Gasteiger partial charge in [-0.2, -0.15) is 0 Å². The van der Waals surface area contributed by atoms with Crippen LogP contribution in [0, 0.1) is 0 Å². The van der Waals surface area contributed by atoms with Gasteiger partial charge in [0.15, 0.2) is 5.96 Å². The molecule has 0 spiro atoms. The summed E-state index contributed by atoms with van der Waals surface area (Å²) in [6.45, 7) is 11.6. The number of nitrogens with one attached hydrogen (secondary N) is 2. The maximum absolute atomic E-state index is 5.41. The second-order valence-corrected chi connectivity index (χ2v) is 7.75. The molecule has 0 aliphatic carbocycles. The van der Waals surface area contributed by atoms with E-state index in [2.05, 4.69) is 53.8 Å². The van der Waals surface area contributed by atoms with Gasteiger partial charge in [0, 0.05) is 23.9 Å². The lowest BCUT2D eigenvalue weighted by Gasteiger charge is -2.21. The fourth-order valence-electron chi connectivity index (χ4n) is 2.94. The number of thiophene rings is 1. The second kappa shape index (κ2) is 12.6. The SMILES string of the molecule is CCN(CC)CCCC(C)NC(=NCc1cccs1)NCCc1ccco1. The summed E-state index contributed by atoms with van der Waals surface area (Å²) in [5.74, 6) is 1.87. The standard InChI is InChI=1S/C21H34N4OS/c1-4-25(5-2)14-6-9-18(3)24-21(23-17-20-11-8-16-27-20)22-13-12-19-10-7-15-26-19/h7-8,10-11,15-16,18H,4-6,9,12-14,17H2,1-3H3,(H2,22,23,24). The Bertz CT molecular complexity index is 621. The molecule has 0 aliphatic heterocycles. The molecule has 0 radical (unpaired) electrons. The van der Waals surface area contributed by atoms with Gasteiger partial charge < -0.3 is 20.0 Å². The zero-order chi connectivity index (χ0) is 19.3. The molecule has 0 saturated carbocycles. The highest BCUT2D eigenvalue weighted by Gasteiger charge is 2.08. The molecule has 27 heavy (non-hydrogen) atoms. The molecule has 1 unspecified atom stereocenters. The van der Waals surface area contributed by atoms with Gasteiger partial charge in [-0.25, -0.2) is 4.99 Å². The number of nitrogens with zero attached hydrogens (tertiary/aromatic N) is 2. The van der Waals surface area contributed by atoms with Crippen LogP contribution in [0.1, 0.15) is 44.3 Å². The van der Waals surface area contributed by atoms with Gasteiger partial charge in [-0.05, 0) is 63.0 Å². The maximum Gasteiger partial charge on any atom is 0.191 e. The molecule has 2 N–H and O–H groups in total. The Morgan fingerprint density at radius 2 is 2.11 bits per heavy atom. The molecule has 2 rings (SSSR count). The zero-order valence-corrected chi connectivity index (χ0v) is 17.7. The fourth-order valence-corrected chi connectivity index (χ4v) is 3.57. The summed E-state index contributed by atoms with van der Waals surface area (Å²) in [5.41, 5.74) is 0. The van der Waals surface area contributed by atoms with Gasteiger partial charge in [0.2, 0.25) is 0 Å². The minimum Gasteiger partial charge on any atom is -0.469 e. The van der Waals surface area contributed by atoms with E-state index in [0.29, 0.717) is 12.6 Å². The lowest BCUT2D eigenvalue weighted by atomic mass is 10.2. The van der Waals surface area contributed by atoms with Crippen molar-refractivity contribution >= 4 is 17.3 Å². The Morgan fingerprint density at radius 1 is 1.26 bits per heavy atom. The van der Waals surface area contributed by atoms with E-state index >= 15 is 0 Å². The number of furan rings is 1. The van der Waals surface area contributed by atoms with Crippen LogP contribution in [-0.2, 0) is 13.0 Å². The smallest absolute Gasteiger partial charge is 0.191 e. The van der Waals surface area contributed by atoms with Gasteiger partial charge >= 0.3 is 0 Å². The Balaban J connectivity index is 1.81. The van der Waals surface area contributed by atoms with E-state index in [1.54, 1.807) is 17.6 Å². The van der Waals surface area contributed by atoms with Crippen LogP contribution in [0.15, 0.2) is 45.3 Å². The normalized spacial score (nSPS) is 13.1. The van der Waals surface area contributed by atoms with E-state index in [0.717, 1.165) is 50.7 Å². The van der Waals surface area contributed by atoms with E-state index in [1.807, 2.05) is 12.1 Å². The van der Waals surface area contributed by atoms with Crippen molar-refractivity contribution in [2.24, 2.45) is 4.99 Å². The molecule has 6 heteroatoms. The van der Waals surface area contributed by atoms with Crippen LogP contribution >= 0.6 is 11.3 Å². The predicted octanol–water partition coefficient (Wildman–Crippen LogP) is 4.13. The van der Waals surface area contributed by atoms with Crippen LogP contribution in [-0.4, -0.2) is 43.1 Å². The molecule has 1 atom stereocenters. The zero-order valence-electron chi connectivity index (χ0n) is 16.9. The number of aliphatic imine (C=N–C) groups is 1. The quantitative estimate of drug-likeness (QED) is 0.423. The van der Waals surface area contributed by atoms with Crippen LogP contribution in [0.5, 0.6) is 0 Å². The number of rotatable bonds is 12. The summed E-state index contributed by atoms with van der Waals surface area (Å²) in [4.78, 5) is 8.51. The minimum atomic E-state index is 0.388. The average Bonchev–Trinajstić information content (AvgIpc) is 3.37. The highest BCUT2D eigenvalue weighted by molar-refractivity contribution is 7.09. The highest BCUT2D eigenvalue weighted by atomic mass is 32.1. The van der Waals surface area contributed by atoms with Gasteiger partial charge in [0.1, 0.15) is 5.76 Å². The number of hydrogen-bond donors (Lipinski definition) is 2. The molecular weight excluding hydrogens is 356 g/mol. The van der Waals surface area contributed by atoms with Crippen LogP contribution in [0.3, 0.4) is 0 Å². The van der Waals surface area contributed by atoms with Crippen LogP contribution in [0.2, 0.25) is 0 Å². The molecule has 2 aromatic rings. The minimum absolute atomic E-state index is 0.388. The summed E-state index contributed by atoms with van der Waals surface area (Å²) in [7, 11) is 0. The Kier molecular flexibility index (Phi) is 10.0. The molecule has 0 fully saturated rings. The van der Waals surface area contributed by atoms with Gasteiger partial charge in [-0.15, -0.1) is 11.3 Å². The average molecular weight is 391 g/mol. The number of hydrogen-bond acceptors (Lipinski definition) is 4. The predicted molar refractivity (Wildman–Crippen MR) is 115 cm³/mol. The van der Waals surface area contributed by atoms with E-state index in [9.17, 15) is 0 Å². The molecule has 2 aromatic heterocycles. The molecule has 5 nitrogen and oxygen atoms in total. The topological polar surface area (TPSA) is 52.8 Å². The van der Waals surface area contributed by atoms with Gasteiger partial charge in [0.05, 0.1) is 12.8 Å². The summed E-state index contributed by atoms with van der Waals surface area (Å²) in [6, 6.07) is 8.52. The van der Waals surface area contributed by atoms with E-state index in [1.165, 1.54) is 11.3 Å². The molecule has 0 bridgehead atoms. The molecule has 0 aromatic carbocycles. The molecule has 0 amide bonds. The van der Waals surface area contributed by atoms with Crippen molar-refractivity contribution in [3.8, 4) is 0 Å². The van der Waals surface area contributed by atoms with Crippen LogP contribution in [0.4, 0.5) is 0 Å². The maximum atomic E-state index is 5.41. The first-order valence-corrected chi connectivity index (χ1v) is 10.9. The van der Waals surface area contributed by atoms with Gasteiger partial charge in [-0.1, -0.05) is 19.9 Å². The Hall–Kier alpha value is -1.79. The summed E-state index contributed by atoms with van der Waals surface area (Å²) in [6.07, 6.45) is 4.90. The molecule has 0 saturated heterocycles. The third-order valence-corrected chi connectivity index (χ3v) is 5.47. The lowest BCUT2D eigenvalue weighted by Crippen LogP contribution is -2.43. The summed E-state index contributed by atoms with van der Waals surface area (Å²) in [5, 5.41) is 9.11. The third-order valence-electron chi connectivity index (χ3n) is 4.61.